The van der Waals surface area contributed by atoms with E-state index in [0.717, 1.165) is 26.1 Å². The molecule has 1 aliphatic rings. The number of hydrogen-bond donors (Lipinski definition) is 0. The normalized spacial score (nSPS) is 15.8. The fraction of sp³-hybridized carbons (Fsp3) is 0.346. The van der Waals surface area contributed by atoms with Crippen LogP contribution in [-0.2, 0) is 7.05 Å². The van der Waals surface area contributed by atoms with Crippen molar-refractivity contribution in [2.75, 3.05) is 45.7 Å². The minimum absolute atomic E-state index is 0.0683. The van der Waals surface area contributed by atoms with Crippen LogP contribution < -0.4 is 15.2 Å². The summed E-state index contributed by atoms with van der Waals surface area (Å²) >= 11 is 0. The van der Waals surface area contributed by atoms with Gasteiger partial charge in [0.1, 0.15) is 11.6 Å². The number of methoxy groups -OCH3 is 1. The highest BCUT2D eigenvalue weighted by atomic mass is 19.1. The van der Waals surface area contributed by atoms with Crippen LogP contribution >= 0.6 is 0 Å². The first kappa shape index (κ1) is 23.5. The van der Waals surface area contributed by atoms with Crippen LogP contribution in [0.4, 0.5) is 16.0 Å². The summed E-state index contributed by atoms with van der Waals surface area (Å²) in [7, 11) is 7.33. The molecule has 2 aromatic carbocycles. The number of nitrogens with zero attached hydrogens (tertiary/aromatic N) is 5. The van der Waals surface area contributed by atoms with Gasteiger partial charge in [-0.3, -0.25) is 9.36 Å². The van der Waals surface area contributed by atoms with Crippen LogP contribution in [0.2, 0.25) is 0 Å². The van der Waals surface area contributed by atoms with Gasteiger partial charge in [-0.15, -0.1) is 0 Å². The number of benzene rings is 2. The van der Waals surface area contributed by atoms with E-state index in [1.807, 2.05) is 11.9 Å². The molecule has 1 unspecified atom stereocenters. The van der Waals surface area contributed by atoms with Gasteiger partial charge >= 0.3 is 0 Å². The minimum Gasteiger partial charge on any atom is -0.497 e. The van der Waals surface area contributed by atoms with E-state index in [2.05, 4.69) is 16.8 Å². The van der Waals surface area contributed by atoms with E-state index in [1.165, 1.54) is 12.1 Å². The zero-order valence-corrected chi connectivity index (χ0v) is 19.9. The average molecular weight is 462 g/mol. The molecule has 176 valence electrons. The van der Waals surface area contributed by atoms with Gasteiger partial charge in [-0.1, -0.05) is 24.3 Å². The first-order chi connectivity index (χ1) is 16.3. The fourth-order valence-electron chi connectivity index (χ4n) is 4.55. The molecule has 0 aliphatic carbocycles. The van der Waals surface area contributed by atoms with E-state index in [9.17, 15) is 9.18 Å². The van der Waals surface area contributed by atoms with Gasteiger partial charge in [0.2, 0.25) is 11.6 Å². The van der Waals surface area contributed by atoms with Gasteiger partial charge in [0, 0.05) is 32.7 Å². The largest absolute Gasteiger partial charge is 0.497 e. The molecule has 7 nitrogen and oxygen atoms in total. The van der Waals surface area contributed by atoms with Crippen molar-refractivity contribution in [1.82, 2.24) is 14.5 Å². The maximum atomic E-state index is 14.6. The van der Waals surface area contributed by atoms with Crippen molar-refractivity contribution in [3.63, 3.8) is 0 Å². The molecule has 0 bridgehead atoms. The second-order valence-corrected chi connectivity index (χ2v) is 8.80. The zero-order chi connectivity index (χ0) is 24.4. The van der Waals surface area contributed by atoms with Crippen LogP contribution in [0.3, 0.4) is 0 Å². The topological polar surface area (TPSA) is 55.0 Å². The third-order valence-electron chi connectivity index (χ3n) is 6.35. The molecule has 3 aromatic rings. The molecule has 0 N–H and O–H groups in total. The first-order valence-corrected chi connectivity index (χ1v) is 11.1. The van der Waals surface area contributed by atoms with Crippen LogP contribution in [0, 0.1) is 18.3 Å². The number of halogens is 1. The number of aromatic nitrogens is 2. The summed E-state index contributed by atoms with van der Waals surface area (Å²) < 4.78 is 21.4. The highest BCUT2D eigenvalue weighted by Gasteiger charge is 2.25. The molecule has 1 atom stereocenters. The van der Waals surface area contributed by atoms with Gasteiger partial charge in [0.25, 0.3) is 5.56 Å². The molecule has 4 rings (SSSR count). The number of ether oxygens (including phenoxy) is 1. The van der Waals surface area contributed by atoms with Gasteiger partial charge < -0.3 is 14.5 Å². The van der Waals surface area contributed by atoms with Crippen molar-refractivity contribution in [2.24, 2.45) is 13.0 Å². The molecule has 0 saturated carbocycles. The Morgan fingerprint density at radius 3 is 2.50 bits per heavy atom. The molecule has 1 aromatic heterocycles. The lowest BCUT2D eigenvalue weighted by molar-refractivity contribution is 0.395. The van der Waals surface area contributed by atoms with Crippen molar-refractivity contribution in [3.05, 3.63) is 70.1 Å². The van der Waals surface area contributed by atoms with Gasteiger partial charge in [0.15, 0.2) is 0 Å². The molecule has 1 aliphatic heterocycles. The van der Waals surface area contributed by atoms with Crippen molar-refractivity contribution < 1.29 is 9.13 Å². The summed E-state index contributed by atoms with van der Waals surface area (Å²) in [4.78, 5) is 26.0. The Kier molecular flexibility index (Phi) is 6.66. The van der Waals surface area contributed by atoms with Crippen LogP contribution in [-0.4, -0.2) is 55.3 Å². The predicted octanol–water partition coefficient (Wildman–Crippen LogP) is 4.20. The van der Waals surface area contributed by atoms with E-state index >= 15 is 0 Å². The smallest absolute Gasteiger partial charge is 0.263 e. The molecule has 1 fully saturated rings. The summed E-state index contributed by atoms with van der Waals surface area (Å²) in [5.41, 5.74) is 1.57. The maximum Gasteiger partial charge on any atom is 0.263 e. The Bertz CT molecular complexity index is 1300. The lowest BCUT2D eigenvalue weighted by atomic mass is 10.00. The Hall–Kier alpha value is -3.70. The maximum absolute atomic E-state index is 14.6. The Balaban J connectivity index is 1.86. The molecule has 0 amide bonds. The van der Waals surface area contributed by atoms with E-state index in [-0.39, 0.29) is 11.2 Å². The van der Waals surface area contributed by atoms with Crippen molar-refractivity contribution in [2.45, 2.75) is 6.42 Å². The Morgan fingerprint density at radius 2 is 1.91 bits per heavy atom. The molecule has 34 heavy (non-hydrogen) atoms. The fourth-order valence-corrected chi connectivity index (χ4v) is 4.55. The highest BCUT2D eigenvalue weighted by Crippen LogP contribution is 2.33. The van der Waals surface area contributed by atoms with E-state index in [4.69, 9.17) is 16.3 Å². The second kappa shape index (κ2) is 9.65. The van der Waals surface area contributed by atoms with Crippen molar-refractivity contribution in [3.8, 4) is 28.1 Å². The lowest BCUT2D eigenvalue weighted by Gasteiger charge is -2.25. The van der Waals surface area contributed by atoms with Gasteiger partial charge in [-0.05, 0) is 49.7 Å². The highest BCUT2D eigenvalue weighted by molar-refractivity contribution is 5.82. The summed E-state index contributed by atoms with van der Waals surface area (Å²) in [5, 5.41) is 0. The van der Waals surface area contributed by atoms with Crippen LogP contribution in [0.25, 0.3) is 27.2 Å². The molecular weight excluding hydrogens is 433 g/mol. The van der Waals surface area contributed by atoms with Gasteiger partial charge in [-0.2, -0.15) is 0 Å². The number of rotatable bonds is 6. The number of likely N-dealkylation sites (tertiary alicyclic amines) is 1. The monoisotopic (exact) mass is 461 g/mol. The minimum atomic E-state index is -0.639. The molecular formula is C26H28FN5O2. The van der Waals surface area contributed by atoms with Crippen LogP contribution in [0.15, 0.2) is 47.3 Å². The van der Waals surface area contributed by atoms with Gasteiger partial charge in [-0.25, -0.2) is 14.2 Å². The molecule has 0 radical (unpaired) electrons. The molecule has 1 saturated heterocycles. The average Bonchev–Trinajstić information content (AvgIpc) is 3.24. The van der Waals surface area contributed by atoms with Crippen LogP contribution in [0.1, 0.15) is 6.42 Å². The van der Waals surface area contributed by atoms with Gasteiger partial charge in [0.05, 0.1) is 24.9 Å². The van der Waals surface area contributed by atoms with Crippen molar-refractivity contribution in [1.29, 1.82) is 0 Å². The summed E-state index contributed by atoms with van der Waals surface area (Å²) in [6.07, 6.45) is 1.09. The SMILES string of the molecule is [C-]#[N+]c1ccc(-c2nc(N(C)CC3CCN(C)C3)n(C)c(=O)c2-c2ccc(OC)cc2)cc1F. The predicted molar refractivity (Wildman–Crippen MR) is 132 cm³/mol. The Morgan fingerprint density at radius 1 is 1.21 bits per heavy atom. The van der Waals surface area contributed by atoms with E-state index in [0.29, 0.717) is 40.0 Å². The third-order valence-corrected chi connectivity index (χ3v) is 6.35. The molecule has 2 heterocycles. The number of anilines is 1. The Labute approximate surface area is 198 Å². The lowest BCUT2D eigenvalue weighted by Crippen LogP contribution is -2.34. The quantitative estimate of drug-likeness (QED) is 0.515. The van der Waals surface area contributed by atoms with Crippen LogP contribution in [0.5, 0.6) is 5.75 Å². The molecule has 0 spiro atoms. The van der Waals surface area contributed by atoms with Crippen molar-refractivity contribution >= 4 is 11.6 Å². The number of hydrogen-bond acceptors (Lipinski definition) is 5. The summed E-state index contributed by atoms with van der Waals surface area (Å²) in [6, 6.07) is 11.5. The molecule has 8 heteroatoms. The summed E-state index contributed by atoms with van der Waals surface area (Å²) in [6.45, 7) is 9.96. The first-order valence-electron chi connectivity index (χ1n) is 11.1. The van der Waals surface area contributed by atoms with E-state index in [1.54, 1.807) is 49.1 Å². The second-order valence-electron chi connectivity index (χ2n) is 8.80. The standard InChI is InChI=1S/C26H28FN5O2/c1-28-22-11-8-19(14-21(22)27)24-23(18-6-9-20(34-5)10-7-18)25(33)32(4)26(29-24)31(3)16-17-12-13-30(2)15-17/h6-11,14,17H,12-13,15-16H2,2-5H3. The summed E-state index contributed by atoms with van der Waals surface area (Å²) in [5.74, 6) is 1.02. The zero-order valence-electron chi connectivity index (χ0n) is 19.9. The van der Waals surface area contributed by atoms with E-state index < -0.39 is 5.82 Å². The third kappa shape index (κ3) is 4.52.